The molecular weight excluding hydrogens is 1380 g/mol. The highest BCUT2D eigenvalue weighted by atomic mass is 15.0. The summed E-state index contributed by atoms with van der Waals surface area (Å²) >= 11 is 0. The van der Waals surface area contributed by atoms with Crippen molar-refractivity contribution in [3.8, 4) is 89.5 Å². The molecule has 0 amide bonds. The Bertz CT molecular complexity index is 7780. The van der Waals surface area contributed by atoms with E-state index < -0.39 is 0 Å². The summed E-state index contributed by atoms with van der Waals surface area (Å²) in [6.45, 7) is 9.56. The van der Waals surface area contributed by atoms with E-state index in [2.05, 4.69) is 434 Å². The first-order valence-corrected chi connectivity index (χ1v) is 39.9. The highest BCUT2D eigenvalue weighted by molar-refractivity contribution is 6.20. The van der Waals surface area contributed by atoms with Gasteiger partial charge in [-0.2, -0.15) is 0 Å². The lowest BCUT2D eigenvalue weighted by molar-refractivity contribution is 0.661. The van der Waals surface area contributed by atoms with E-state index in [1.165, 1.54) is 209 Å². The Morgan fingerprint density at radius 2 is 0.544 bits per heavy atom. The van der Waals surface area contributed by atoms with Gasteiger partial charge >= 0.3 is 0 Å². The fraction of sp³-hybridized carbons (Fsp3) is 0.0545. The minimum absolute atomic E-state index is 0.0883. The van der Waals surface area contributed by atoms with E-state index in [9.17, 15) is 0 Å². The number of hydrogen-bond acceptors (Lipinski definition) is 0. The fourth-order valence-electron chi connectivity index (χ4n) is 20.0. The Labute approximate surface area is 661 Å². The van der Waals surface area contributed by atoms with Crippen LogP contribution in [0, 0.1) is 0 Å². The van der Waals surface area contributed by atoms with Crippen molar-refractivity contribution in [2.24, 2.45) is 0 Å². The number of fused-ring (bicyclic) bond motifs is 22. The third-order valence-corrected chi connectivity index (χ3v) is 25.3. The molecule has 0 saturated carbocycles. The Balaban J connectivity index is 0.000000135. The van der Waals surface area contributed by atoms with Gasteiger partial charge in [0.2, 0.25) is 0 Å². The molecule has 114 heavy (non-hydrogen) atoms. The zero-order chi connectivity index (χ0) is 75.7. The van der Waals surface area contributed by atoms with Crippen molar-refractivity contribution in [2.75, 3.05) is 0 Å². The fourth-order valence-corrected chi connectivity index (χ4v) is 20.0. The molecule has 0 spiro atoms. The maximum absolute atomic E-state index is 2.49. The molecule has 0 unspecified atom stereocenters. The molecule has 4 aromatic heterocycles. The quantitative estimate of drug-likeness (QED) is 0.144. The largest absolute Gasteiger partial charge is 0.309 e. The zero-order valence-corrected chi connectivity index (χ0v) is 63.7. The second kappa shape index (κ2) is 25.1. The van der Waals surface area contributed by atoms with Gasteiger partial charge in [-0.15, -0.1) is 0 Å². The lowest BCUT2D eigenvalue weighted by Gasteiger charge is -2.22. The first-order chi connectivity index (χ1) is 56.1. The van der Waals surface area contributed by atoms with E-state index in [0.29, 0.717) is 0 Å². The average molecular weight is 1450 g/mol. The molecule has 0 saturated heterocycles. The molecule has 536 valence electrons. The standard InChI is InChI=1S/2C55H38N2/c1-55(2)47-21-10-8-20-44(47)53-48(55)27-30-52-54(53)46-34-40(25-29-51(46)57(52)42-26-23-36-15-6-7-16-37(36)32-42)39-24-28-50-45(33-39)43-19-9-11-22-49(43)56(50)41-18-12-17-38(31-41)35-13-4-3-5-14-35;1-55(2)48-21-10-8-19-43(48)45-27-30-52-53(54(45)55)47-34-40(25-29-51(47)57(52)42-26-23-36-15-6-7-16-37(36)32-42)39-24-28-50-46(33-39)44-20-9-11-22-49(44)56(50)41-18-12-17-38(31-41)35-13-4-3-5-14-35/h2*3-34H,1-2H3. The minimum atomic E-state index is -0.150. The molecule has 22 aromatic rings. The number of rotatable bonds is 8. The molecule has 0 N–H and O–H groups in total. The molecule has 0 fully saturated rings. The van der Waals surface area contributed by atoms with E-state index in [1.54, 1.807) is 0 Å². The van der Waals surface area contributed by atoms with Gasteiger partial charge in [0.25, 0.3) is 0 Å². The molecule has 0 radical (unpaired) electrons. The molecule has 18 aromatic carbocycles. The Morgan fingerprint density at radius 3 is 1.07 bits per heavy atom. The van der Waals surface area contributed by atoms with Crippen LogP contribution in [0.3, 0.4) is 0 Å². The number of hydrogen-bond donors (Lipinski definition) is 0. The van der Waals surface area contributed by atoms with Crippen LogP contribution in [0.1, 0.15) is 49.9 Å². The van der Waals surface area contributed by atoms with Crippen molar-refractivity contribution in [3.05, 3.63) is 411 Å². The summed E-state index contributed by atoms with van der Waals surface area (Å²) in [4.78, 5) is 0. The molecule has 0 bridgehead atoms. The predicted octanol–water partition coefficient (Wildman–Crippen LogP) is 29.3. The van der Waals surface area contributed by atoms with Gasteiger partial charge in [0.1, 0.15) is 0 Å². The third-order valence-electron chi connectivity index (χ3n) is 25.3. The van der Waals surface area contributed by atoms with Crippen molar-refractivity contribution in [1.82, 2.24) is 18.3 Å². The summed E-state index contributed by atoms with van der Waals surface area (Å²) in [6, 6.07) is 144. The van der Waals surface area contributed by atoms with Gasteiger partial charge in [-0.1, -0.05) is 295 Å². The van der Waals surface area contributed by atoms with Crippen LogP contribution in [-0.2, 0) is 10.8 Å². The van der Waals surface area contributed by atoms with Crippen molar-refractivity contribution in [2.45, 2.75) is 38.5 Å². The smallest absolute Gasteiger partial charge is 0.0547 e. The SMILES string of the molecule is CC1(C)c2ccccc2-c2c1ccc1c2c2cc(-c3ccc4c(c3)c3ccccc3n4-c3cccc(-c4ccccc4)c3)ccc2n1-c1ccc2ccccc2c1.CC1(C)c2ccccc2-c2ccc3c(c21)c1cc(-c2ccc4c(c2)c2ccccc2n4-c2cccc(-c4ccccc4)c2)ccc1n3-c1ccc2ccccc2c1. The van der Waals surface area contributed by atoms with E-state index >= 15 is 0 Å². The van der Waals surface area contributed by atoms with Gasteiger partial charge in [0.05, 0.1) is 44.1 Å². The van der Waals surface area contributed by atoms with Crippen molar-refractivity contribution in [1.29, 1.82) is 0 Å². The lowest BCUT2D eigenvalue weighted by Crippen LogP contribution is -2.15. The number of aromatic nitrogens is 4. The van der Waals surface area contributed by atoms with Gasteiger partial charge in [0, 0.05) is 76.7 Å². The summed E-state index contributed by atoms with van der Waals surface area (Å²) in [5.74, 6) is 0. The van der Waals surface area contributed by atoms with Crippen LogP contribution in [0.5, 0.6) is 0 Å². The number of para-hydroxylation sites is 2. The maximum Gasteiger partial charge on any atom is 0.0547 e. The minimum Gasteiger partial charge on any atom is -0.309 e. The van der Waals surface area contributed by atoms with Crippen LogP contribution in [0.4, 0.5) is 0 Å². The number of nitrogens with zero attached hydrogens (tertiary/aromatic N) is 4. The number of benzene rings is 18. The average Bonchev–Trinajstić information content (AvgIpc) is 1.54. The van der Waals surface area contributed by atoms with Gasteiger partial charge in [-0.25, -0.2) is 0 Å². The molecule has 4 heterocycles. The van der Waals surface area contributed by atoms with E-state index in [1.807, 2.05) is 0 Å². The summed E-state index contributed by atoms with van der Waals surface area (Å²) < 4.78 is 9.81. The van der Waals surface area contributed by atoms with E-state index in [4.69, 9.17) is 0 Å². The normalized spacial score (nSPS) is 13.2. The van der Waals surface area contributed by atoms with Crippen molar-refractivity contribution >= 4 is 109 Å². The topological polar surface area (TPSA) is 19.7 Å². The highest BCUT2D eigenvalue weighted by Crippen LogP contribution is 2.56. The molecule has 0 aliphatic heterocycles. The van der Waals surface area contributed by atoms with E-state index in [-0.39, 0.29) is 10.8 Å². The van der Waals surface area contributed by atoms with Crippen LogP contribution in [0.2, 0.25) is 0 Å². The Hall–Kier alpha value is -14.3. The molecule has 24 rings (SSSR count). The molecule has 0 atom stereocenters. The van der Waals surface area contributed by atoms with Gasteiger partial charge < -0.3 is 18.3 Å². The van der Waals surface area contributed by atoms with Gasteiger partial charge in [-0.3, -0.25) is 0 Å². The molecule has 4 heteroatoms. The first kappa shape index (κ1) is 65.6. The van der Waals surface area contributed by atoms with Crippen LogP contribution in [0.25, 0.3) is 198 Å². The summed E-state index contributed by atoms with van der Waals surface area (Å²) in [7, 11) is 0. The van der Waals surface area contributed by atoms with Crippen molar-refractivity contribution < 1.29 is 0 Å². The zero-order valence-electron chi connectivity index (χ0n) is 63.7. The van der Waals surface area contributed by atoms with Crippen LogP contribution in [0.15, 0.2) is 388 Å². The first-order valence-electron chi connectivity index (χ1n) is 39.9. The Kier molecular flexibility index (Phi) is 14.4. The van der Waals surface area contributed by atoms with Crippen molar-refractivity contribution in [3.63, 3.8) is 0 Å². The second-order valence-electron chi connectivity index (χ2n) is 32.3. The van der Waals surface area contributed by atoms with Crippen LogP contribution in [-0.4, -0.2) is 18.3 Å². The predicted molar refractivity (Wildman–Crippen MR) is 482 cm³/mol. The summed E-state index contributed by atoms with van der Waals surface area (Å²) in [5, 5.41) is 15.2. The second-order valence-corrected chi connectivity index (χ2v) is 32.3. The van der Waals surface area contributed by atoms with E-state index in [0.717, 1.165) is 11.4 Å². The Morgan fingerprint density at radius 1 is 0.184 bits per heavy atom. The molecule has 2 aliphatic rings. The maximum atomic E-state index is 2.49. The molecule has 2 aliphatic carbocycles. The summed E-state index contributed by atoms with van der Waals surface area (Å²) in [6.07, 6.45) is 0. The molecular formula is C110H76N4. The van der Waals surface area contributed by atoms with Crippen LogP contribution >= 0.6 is 0 Å². The van der Waals surface area contributed by atoms with Gasteiger partial charge in [0.15, 0.2) is 0 Å². The monoisotopic (exact) mass is 1450 g/mol. The third kappa shape index (κ3) is 9.90. The highest BCUT2D eigenvalue weighted by Gasteiger charge is 2.40. The summed E-state index contributed by atoms with van der Waals surface area (Å²) in [5.41, 5.74) is 34.9. The van der Waals surface area contributed by atoms with Crippen LogP contribution < -0.4 is 0 Å². The molecule has 4 nitrogen and oxygen atoms in total. The lowest BCUT2D eigenvalue weighted by atomic mass is 9.80. The van der Waals surface area contributed by atoms with Gasteiger partial charge in [-0.05, 0) is 232 Å².